The number of hydrogen-bond donors (Lipinski definition) is 0. The fraction of sp³-hybridized carbons (Fsp3) is 0.273. The predicted molar refractivity (Wildman–Crippen MR) is 108 cm³/mol. The zero-order valence-corrected chi connectivity index (χ0v) is 15.9. The normalized spacial score (nSPS) is 14.2. The van der Waals surface area contributed by atoms with E-state index < -0.39 is 0 Å². The lowest BCUT2D eigenvalue weighted by molar-refractivity contribution is -0.131. The molecule has 1 fully saturated rings. The highest BCUT2D eigenvalue weighted by Gasteiger charge is 2.22. The topological polar surface area (TPSA) is 66.4 Å². The molecule has 1 aliphatic rings. The van der Waals surface area contributed by atoms with E-state index in [0.29, 0.717) is 31.7 Å². The van der Waals surface area contributed by atoms with Gasteiger partial charge in [-0.2, -0.15) is 0 Å². The number of hydrogen-bond acceptors (Lipinski definition) is 5. The molecule has 1 saturated heterocycles. The number of piperazine rings is 1. The molecule has 7 heteroatoms. The first-order valence-corrected chi connectivity index (χ1v) is 9.63. The molecule has 1 aliphatic heterocycles. The highest BCUT2D eigenvalue weighted by Crippen LogP contribution is 2.17. The number of amides is 1. The number of halogens is 1. The lowest BCUT2D eigenvalue weighted by Crippen LogP contribution is -2.49. The lowest BCUT2D eigenvalue weighted by Gasteiger charge is -2.35. The van der Waals surface area contributed by atoms with Gasteiger partial charge < -0.3 is 9.80 Å². The summed E-state index contributed by atoms with van der Waals surface area (Å²) in [6, 6.07) is 13.1. The monoisotopic (exact) mass is 392 g/mol. The second kappa shape index (κ2) is 8.34. The van der Waals surface area contributed by atoms with E-state index in [1.54, 1.807) is 11.1 Å². The van der Waals surface area contributed by atoms with Crippen molar-refractivity contribution in [2.75, 3.05) is 31.1 Å². The average Bonchev–Trinajstić information content (AvgIpc) is 2.77. The van der Waals surface area contributed by atoms with Crippen LogP contribution in [0, 0.1) is 5.82 Å². The van der Waals surface area contributed by atoms with E-state index in [0.717, 1.165) is 16.9 Å². The SMILES string of the molecule is O=C(CCC(=O)N1CCN(c2cnc3ccccc3n2)CC1)c1ccc(F)cc1. The Labute approximate surface area is 168 Å². The minimum atomic E-state index is -0.383. The van der Waals surface area contributed by atoms with E-state index >= 15 is 0 Å². The van der Waals surface area contributed by atoms with Crippen molar-refractivity contribution < 1.29 is 14.0 Å². The molecule has 2 heterocycles. The second-order valence-corrected chi connectivity index (χ2v) is 7.01. The molecule has 0 radical (unpaired) electrons. The molecule has 0 atom stereocenters. The van der Waals surface area contributed by atoms with E-state index in [4.69, 9.17) is 0 Å². The van der Waals surface area contributed by atoms with Crippen LogP contribution >= 0.6 is 0 Å². The molecule has 4 rings (SSSR count). The highest BCUT2D eigenvalue weighted by molar-refractivity contribution is 5.97. The van der Waals surface area contributed by atoms with Gasteiger partial charge in [-0.05, 0) is 36.4 Å². The first-order valence-electron chi connectivity index (χ1n) is 9.63. The Balaban J connectivity index is 1.30. The van der Waals surface area contributed by atoms with Gasteiger partial charge >= 0.3 is 0 Å². The van der Waals surface area contributed by atoms with Gasteiger partial charge in [-0.25, -0.2) is 9.37 Å². The molecule has 1 aromatic heterocycles. The number of aromatic nitrogens is 2. The van der Waals surface area contributed by atoms with Crippen LogP contribution in [0.1, 0.15) is 23.2 Å². The van der Waals surface area contributed by atoms with Crippen molar-refractivity contribution in [2.45, 2.75) is 12.8 Å². The largest absolute Gasteiger partial charge is 0.352 e. The summed E-state index contributed by atoms with van der Waals surface area (Å²) in [5.74, 6) is 0.238. The van der Waals surface area contributed by atoms with Gasteiger partial charge in [-0.3, -0.25) is 14.6 Å². The third-order valence-electron chi connectivity index (χ3n) is 5.12. The average molecular weight is 392 g/mol. The Morgan fingerprint density at radius 3 is 2.31 bits per heavy atom. The van der Waals surface area contributed by atoms with Crippen LogP contribution in [0.15, 0.2) is 54.7 Å². The van der Waals surface area contributed by atoms with E-state index in [1.165, 1.54) is 24.3 Å². The van der Waals surface area contributed by atoms with Crippen molar-refractivity contribution in [3.05, 3.63) is 66.1 Å². The first-order chi connectivity index (χ1) is 14.1. The minimum Gasteiger partial charge on any atom is -0.352 e. The van der Waals surface area contributed by atoms with Crippen LogP contribution in [-0.4, -0.2) is 52.7 Å². The molecular formula is C22H21FN4O2. The maximum Gasteiger partial charge on any atom is 0.223 e. The smallest absolute Gasteiger partial charge is 0.223 e. The standard InChI is InChI=1S/C22H21FN4O2/c23-17-7-5-16(6-8-17)20(28)9-10-22(29)27-13-11-26(12-14-27)21-15-24-18-3-1-2-4-19(18)25-21/h1-8,15H,9-14H2. The van der Waals surface area contributed by atoms with Crippen molar-refractivity contribution in [1.82, 2.24) is 14.9 Å². The molecule has 29 heavy (non-hydrogen) atoms. The molecular weight excluding hydrogens is 371 g/mol. The molecule has 0 saturated carbocycles. The van der Waals surface area contributed by atoms with Crippen molar-refractivity contribution in [3.63, 3.8) is 0 Å². The Bertz CT molecular complexity index is 1030. The summed E-state index contributed by atoms with van der Waals surface area (Å²) < 4.78 is 13.0. The number of ketones is 1. The van der Waals surface area contributed by atoms with Gasteiger partial charge in [0, 0.05) is 44.6 Å². The highest BCUT2D eigenvalue weighted by atomic mass is 19.1. The number of benzene rings is 2. The zero-order valence-electron chi connectivity index (χ0n) is 15.9. The summed E-state index contributed by atoms with van der Waals surface area (Å²) in [6.07, 6.45) is 2.05. The molecule has 1 amide bonds. The van der Waals surface area contributed by atoms with Gasteiger partial charge in [0.2, 0.25) is 5.91 Å². The van der Waals surface area contributed by atoms with E-state index in [9.17, 15) is 14.0 Å². The van der Waals surface area contributed by atoms with E-state index in [2.05, 4.69) is 14.9 Å². The van der Waals surface area contributed by atoms with E-state index in [-0.39, 0.29) is 30.3 Å². The molecule has 148 valence electrons. The fourth-order valence-electron chi connectivity index (χ4n) is 3.44. The van der Waals surface area contributed by atoms with Crippen molar-refractivity contribution in [3.8, 4) is 0 Å². The number of rotatable bonds is 5. The molecule has 2 aromatic carbocycles. The second-order valence-electron chi connectivity index (χ2n) is 7.01. The van der Waals surface area contributed by atoms with Crippen molar-refractivity contribution in [1.29, 1.82) is 0 Å². The zero-order chi connectivity index (χ0) is 20.2. The number of anilines is 1. The Hall–Kier alpha value is -3.35. The number of nitrogens with zero attached hydrogens (tertiary/aromatic N) is 4. The molecule has 0 spiro atoms. The van der Waals surface area contributed by atoms with Crippen LogP contribution in [-0.2, 0) is 4.79 Å². The van der Waals surface area contributed by atoms with Gasteiger partial charge in [-0.1, -0.05) is 12.1 Å². The Morgan fingerprint density at radius 2 is 1.59 bits per heavy atom. The number of para-hydroxylation sites is 2. The molecule has 0 bridgehead atoms. The van der Waals surface area contributed by atoms with Gasteiger partial charge in [0.15, 0.2) is 5.78 Å². The predicted octanol–water partition coefficient (Wildman–Crippen LogP) is 3.08. The number of carbonyl (C=O) groups excluding carboxylic acids is 2. The minimum absolute atomic E-state index is 0.0373. The summed E-state index contributed by atoms with van der Waals surface area (Å²) >= 11 is 0. The first kappa shape index (κ1) is 19.0. The maximum absolute atomic E-state index is 13.0. The summed E-state index contributed by atoms with van der Waals surface area (Å²) in [6.45, 7) is 2.51. The van der Waals surface area contributed by atoms with Gasteiger partial charge in [0.1, 0.15) is 11.6 Å². The van der Waals surface area contributed by atoms with Crippen LogP contribution in [0.4, 0.5) is 10.2 Å². The molecule has 6 nitrogen and oxygen atoms in total. The number of Topliss-reactive ketones (excluding diaryl/α,β-unsaturated/α-hetero) is 1. The van der Waals surface area contributed by atoms with Gasteiger partial charge in [0.25, 0.3) is 0 Å². The van der Waals surface area contributed by atoms with Crippen LogP contribution in [0.2, 0.25) is 0 Å². The molecule has 0 aliphatic carbocycles. The van der Waals surface area contributed by atoms with Crippen LogP contribution in [0.25, 0.3) is 11.0 Å². The van der Waals surface area contributed by atoms with Gasteiger partial charge in [-0.15, -0.1) is 0 Å². The Kier molecular flexibility index (Phi) is 5.46. The van der Waals surface area contributed by atoms with Crippen molar-refractivity contribution in [2.24, 2.45) is 0 Å². The van der Waals surface area contributed by atoms with Gasteiger partial charge in [0.05, 0.1) is 17.2 Å². The summed E-state index contributed by atoms with van der Waals surface area (Å²) in [5, 5.41) is 0. The summed E-state index contributed by atoms with van der Waals surface area (Å²) in [4.78, 5) is 37.6. The van der Waals surface area contributed by atoms with Crippen LogP contribution in [0.5, 0.6) is 0 Å². The molecule has 0 N–H and O–H groups in total. The maximum atomic E-state index is 13.0. The fourth-order valence-corrected chi connectivity index (χ4v) is 3.44. The quantitative estimate of drug-likeness (QED) is 0.625. The number of fused-ring (bicyclic) bond motifs is 1. The van der Waals surface area contributed by atoms with E-state index in [1.807, 2.05) is 24.3 Å². The Morgan fingerprint density at radius 1 is 0.897 bits per heavy atom. The lowest BCUT2D eigenvalue weighted by atomic mass is 10.1. The summed E-state index contributed by atoms with van der Waals surface area (Å²) in [7, 11) is 0. The van der Waals surface area contributed by atoms with Crippen LogP contribution in [0.3, 0.4) is 0 Å². The molecule has 3 aromatic rings. The third kappa shape index (κ3) is 4.39. The number of carbonyl (C=O) groups is 2. The van der Waals surface area contributed by atoms with Crippen LogP contribution < -0.4 is 4.90 Å². The molecule has 0 unspecified atom stereocenters. The summed E-state index contributed by atoms with van der Waals surface area (Å²) in [5.41, 5.74) is 2.14. The van der Waals surface area contributed by atoms with Crippen molar-refractivity contribution >= 4 is 28.5 Å². The third-order valence-corrected chi connectivity index (χ3v) is 5.12.